The van der Waals surface area contributed by atoms with Gasteiger partial charge in [-0.3, -0.25) is 14.6 Å². The van der Waals surface area contributed by atoms with Crippen LogP contribution in [0.5, 0.6) is 0 Å². The van der Waals surface area contributed by atoms with E-state index >= 15 is 4.39 Å². The Bertz CT molecular complexity index is 1460. The molecule has 2 aliphatic rings. The molecule has 2 fully saturated rings. The number of pyridine rings is 1. The van der Waals surface area contributed by atoms with Crippen molar-refractivity contribution in [2.24, 2.45) is 5.92 Å². The Kier molecular flexibility index (Phi) is 8.56. The van der Waals surface area contributed by atoms with Crippen molar-refractivity contribution in [2.45, 2.75) is 69.9 Å². The minimum atomic E-state index is -1.05. The molecule has 8 nitrogen and oxygen atoms in total. The average molecular weight is 573 g/mol. The fourth-order valence-corrected chi connectivity index (χ4v) is 6.28. The molecule has 2 saturated carbocycles. The molecule has 1 aromatic heterocycles. The van der Waals surface area contributed by atoms with E-state index in [9.17, 15) is 19.5 Å². The zero-order valence-corrected chi connectivity index (χ0v) is 24.0. The maximum atomic E-state index is 15.0. The summed E-state index contributed by atoms with van der Waals surface area (Å²) >= 11 is 0. The SMILES string of the molecule is CC(=O)N(C)[C@H]1CC[C@H](CC(=O)Nc2cnc(-c3ccc(C4(NC(=O)O)CCC4)cc3)c(-c3ccccc3F)c2)CC1. The number of halogens is 1. The second-order valence-electron chi connectivity index (χ2n) is 11.6. The molecule has 2 aliphatic carbocycles. The zero-order chi connectivity index (χ0) is 29.9. The first-order valence-electron chi connectivity index (χ1n) is 14.6. The first-order valence-corrected chi connectivity index (χ1v) is 14.6. The van der Waals surface area contributed by atoms with Gasteiger partial charge < -0.3 is 20.6 Å². The van der Waals surface area contributed by atoms with Crippen molar-refractivity contribution >= 4 is 23.6 Å². The number of rotatable bonds is 8. The summed E-state index contributed by atoms with van der Waals surface area (Å²) in [4.78, 5) is 42.5. The van der Waals surface area contributed by atoms with E-state index in [1.54, 1.807) is 42.3 Å². The quantitative estimate of drug-likeness (QED) is 0.283. The highest BCUT2D eigenvalue weighted by molar-refractivity contribution is 5.93. The third-order valence-corrected chi connectivity index (χ3v) is 8.93. The molecule has 0 atom stereocenters. The number of carboxylic acid groups (broad SMARTS) is 1. The van der Waals surface area contributed by atoms with E-state index < -0.39 is 17.4 Å². The molecule has 3 N–H and O–H groups in total. The van der Waals surface area contributed by atoms with E-state index in [1.165, 1.54) is 6.07 Å². The van der Waals surface area contributed by atoms with Crippen LogP contribution in [0.1, 0.15) is 63.9 Å². The maximum Gasteiger partial charge on any atom is 0.405 e. The number of anilines is 1. The largest absolute Gasteiger partial charge is 0.465 e. The van der Waals surface area contributed by atoms with E-state index in [0.29, 0.717) is 28.9 Å². The first-order chi connectivity index (χ1) is 20.1. The van der Waals surface area contributed by atoms with Gasteiger partial charge in [0.1, 0.15) is 5.82 Å². The third kappa shape index (κ3) is 6.30. The van der Waals surface area contributed by atoms with Crippen LogP contribution in [0.25, 0.3) is 22.4 Å². The molecule has 0 bridgehead atoms. The molecule has 2 aromatic carbocycles. The monoisotopic (exact) mass is 572 g/mol. The highest BCUT2D eigenvalue weighted by Crippen LogP contribution is 2.42. The number of carbonyl (C=O) groups excluding carboxylic acids is 2. The van der Waals surface area contributed by atoms with Crippen molar-refractivity contribution in [3.05, 3.63) is 72.2 Å². The van der Waals surface area contributed by atoms with E-state index in [0.717, 1.165) is 56.1 Å². The van der Waals surface area contributed by atoms with Crippen LogP contribution in [0, 0.1) is 11.7 Å². The first kappa shape index (κ1) is 29.2. The van der Waals surface area contributed by atoms with Crippen LogP contribution in [0.15, 0.2) is 60.8 Å². The number of aromatic nitrogens is 1. The van der Waals surface area contributed by atoms with Gasteiger partial charge in [0.25, 0.3) is 0 Å². The molecule has 42 heavy (non-hydrogen) atoms. The summed E-state index contributed by atoms with van der Waals surface area (Å²) in [6.07, 6.45) is 6.87. The van der Waals surface area contributed by atoms with Crippen molar-refractivity contribution in [3.63, 3.8) is 0 Å². The number of hydrogen-bond acceptors (Lipinski definition) is 4. The third-order valence-electron chi connectivity index (χ3n) is 8.93. The highest BCUT2D eigenvalue weighted by Gasteiger charge is 2.40. The molecule has 0 saturated heterocycles. The maximum absolute atomic E-state index is 15.0. The minimum absolute atomic E-state index is 0.0613. The number of carbonyl (C=O) groups is 3. The van der Waals surface area contributed by atoms with Crippen LogP contribution < -0.4 is 10.6 Å². The molecule has 1 heterocycles. The molecule has 0 aliphatic heterocycles. The smallest absolute Gasteiger partial charge is 0.405 e. The standard InChI is InChI=1S/C33H37FN4O4/c1-21(39)38(2)26-14-8-22(9-15-26)18-30(40)36-25-19-28(27-6-3-4-7-29(27)34)31(35-20-25)23-10-12-24(13-11-23)33(16-5-17-33)37-32(41)42/h3-4,6-7,10-13,19-20,22,26,37H,5,8-9,14-18H2,1-2H3,(H,36,40)(H,41,42)/t22-,26-. The van der Waals surface area contributed by atoms with Gasteiger partial charge in [-0.15, -0.1) is 0 Å². The summed E-state index contributed by atoms with van der Waals surface area (Å²) in [7, 11) is 1.83. The normalized spacial score (nSPS) is 19.3. The Morgan fingerprint density at radius 2 is 1.71 bits per heavy atom. The summed E-state index contributed by atoms with van der Waals surface area (Å²) < 4.78 is 15.0. The van der Waals surface area contributed by atoms with E-state index in [4.69, 9.17) is 0 Å². The van der Waals surface area contributed by atoms with Crippen LogP contribution in [0.4, 0.5) is 14.9 Å². The number of nitrogens with one attached hydrogen (secondary N) is 2. The van der Waals surface area contributed by atoms with Gasteiger partial charge >= 0.3 is 6.09 Å². The van der Waals surface area contributed by atoms with E-state index in [1.807, 2.05) is 31.3 Å². The molecule has 0 radical (unpaired) electrons. The van der Waals surface area contributed by atoms with Gasteiger partial charge in [0.15, 0.2) is 0 Å². The lowest BCUT2D eigenvalue weighted by atomic mass is 9.71. The van der Waals surface area contributed by atoms with Crippen molar-refractivity contribution in [1.82, 2.24) is 15.2 Å². The Morgan fingerprint density at radius 3 is 2.31 bits per heavy atom. The van der Waals surface area contributed by atoms with Crippen LogP contribution in [-0.2, 0) is 15.1 Å². The molecule has 0 unspecified atom stereocenters. The van der Waals surface area contributed by atoms with Gasteiger partial charge in [0.05, 0.1) is 23.1 Å². The van der Waals surface area contributed by atoms with Gasteiger partial charge in [-0.2, -0.15) is 0 Å². The fourth-order valence-electron chi connectivity index (χ4n) is 6.28. The number of benzene rings is 2. The van der Waals surface area contributed by atoms with Crippen molar-refractivity contribution < 1.29 is 23.9 Å². The van der Waals surface area contributed by atoms with Crippen molar-refractivity contribution in [2.75, 3.05) is 12.4 Å². The van der Waals surface area contributed by atoms with Crippen LogP contribution in [-0.4, -0.2) is 46.0 Å². The lowest BCUT2D eigenvalue weighted by Crippen LogP contribution is -2.50. The molecule has 3 aromatic rings. The van der Waals surface area contributed by atoms with Gasteiger partial charge in [-0.1, -0.05) is 42.5 Å². The van der Waals surface area contributed by atoms with Crippen molar-refractivity contribution in [1.29, 1.82) is 0 Å². The summed E-state index contributed by atoms with van der Waals surface area (Å²) in [5, 5.41) is 15.0. The average Bonchev–Trinajstić information content (AvgIpc) is 2.95. The van der Waals surface area contributed by atoms with Crippen LogP contribution >= 0.6 is 0 Å². The molecular formula is C33H37FN4O4. The van der Waals surface area contributed by atoms with Crippen LogP contribution in [0.3, 0.4) is 0 Å². The van der Waals surface area contributed by atoms with Gasteiger partial charge in [-0.25, -0.2) is 9.18 Å². The van der Waals surface area contributed by atoms with Crippen molar-refractivity contribution in [3.8, 4) is 22.4 Å². The Morgan fingerprint density at radius 1 is 1.02 bits per heavy atom. The lowest BCUT2D eigenvalue weighted by molar-refractivity contribution is -0.130. The fraction of sp³-hybridized carbons (Fsp3) is 0.394. The molecular weight excluding hydrogens is 535 g/mol. The Labute approximate surface area is 245 Å². The molecule has 3 amide bonds. The summed E-state index contributed by atoms with van der Waals surface area (Å²) in [6, 6.07) is 16.0. The predicted molar refractivity (Wildman–Crippen MR) is 159 cm³/mol. The molecule has 5 rings (SSSR count). The molecule has 9 heteroatoms. The minimum Gasteiger partial charge on any atom is -0.465 e. The number of nitrogens with zero attached hydrogens (tertiary/aromatic N) is 2. The van der Waals surface area contributed by atoms with Gasteiger partial charge in [0.2, 0.25) is 11.8 Å². The predicted octanol–water partition coefficient (Wildman–Crippen LogP) is 6.57. The summed E-state index contributed by atoms with van der Waals surface area (Å²) in [5.74, 6) is -0.209. The Balaban J connectivity index is 1.34. The van der Waals surface area contributed by atoms with Gasteiger partial charge in [0, 0.05) is 43.1 Å². The van der Waals surface area contributed by atoms with E-state index in [-0.39, 0.29) is 23.8 Å². The van der Waals surface area contributed by atoms with E-state index in [2.05, 4.69) is 15.6 Å². The summed E-state index contributed by atoms with van der Waals surface area (Å²) in [5.41, 5.74) is 3.03. The summed E-state index contributed by atoms with van der Waals surface area (Å²) in [6.45, 7) is 1.58. The number of hydrogen-bond donors (Lipinski definition) is 3. The Hall–Kier alpha value is -4.27. The lowest BCUT2D eigenvalue weighted by Gasteiger charge is -2.42. The second kappa shape index (κ2) is 12.3. The molecule has 220 valence electrons. The van der Waals surface area contributed by atoms with Crippen LogP contribution in [0.2, 0.25) is 0 Å². The van der Waals surface area contributed by atoms with Gasteiger partial charge in [-0.05, 0) is 68.6 Å². The molecule has 0 spiro atoms. The zero-order valence-electron chi connectivity index (χ0n) is 24.0. The second-order valence-corrected chi connectivity index (χ2v) is 11.6. The topological polar surface area (TPSA) is 112 Å². The number of amides is 3. The highest BCUT2D eigenvalue weighted by atomic mass is 19.1.